The van der Waals surface area contributed by atoms with Gasteiger partial charge >= 0.3 is 6.18 Å². The fraction of sp³-hybridized carbons (Fsp3) is 0.300. The zero-order valence-electron chi connectivity index (χ0n) is 28.3. The van der Waals surface area contributed by atoms with Gasteiger partial charge in [-0.2, -0.15) is 13.2 Å². The van der Waals surface area contributed by atoms with E-state index in [1.54, 1.807) is 43.3 Å². The molecule has 0 aliphatic heterocycles. The molecule has 0 fully saturated rings. The van der Waals surface area contributed by atoms with E-state index in [0.29, 0.717) is 32.6 Å². The molecule has 0 spiro atoms. The number of pyridine rings is 1. The van der Waals surface area contributed by atoms with Crippen LogP contribution in [0.5, 0.6) is 0 Å². The Morgan fingerprint density at radius 3 is 2.16 bits per heavy atom. The molecule has 5 nitrogen and oxygen atoms in total. The van der Waals surface area contributed by atoms with Crippen LogP contribution in [0.15, 0.2) is 107 Å². The molecule has 262 valence electrons. The standard InChI is InChI=1S/C40H40F4N2O3S/c1-4-9-33(10-5-2)46(49-25-28-15-17-29(18-16-28)30-19-21-32(22-20-30)40(42,43)44)37(48)24-45-35-14-7-6-13-34(35)36(47)23-38(45)50-26-31-12-8-11-27(3)39(31)41/h6-8,11-23,33H,4-5,9-10,24-26H2,1-3H3. The normalized spacial score (nSPS) is 11.8. The van der Waals surface area contributed by atoms with E-state index in [9.17, 15) is 27.2 Å². The number of aromatic nitrogens is 1. The van der Waals surface area contributed by atoms with Crippen LogP contribution < -0.4 is 5.43 Å². The summed E-state index contributed by atoms with van der Waals surface area (Å²) in [5.41, 5.74) is 2.96. The Morgan fingerprint density at radius 1 is 0.880 bits per heavy atom. The van der Waals surface area contributed by atoms with Gasteiger partial charge in [0.2, 0.25) is 0 Å². The van der Waals surface area contributed by atoms with E-state index in [4.69, 9.17) is 4.84 Å². The average molecular weight is 705 g/mol. The van der Waals surface area contributed by atoms with Crippen molar-refractivity contribution in [2.24, 2.45) is 0 Å². The molecule has 0 atom stereocenters. The van der Waals surface area contributed by atoms with Crippen LogP contribution in [0, 0.1) is 12.7 Å². The number of rotatable bonds is 14. The van der Waals surface area contributed by atoms with Gasteiger partial charge in [0, 0.05) is 17.2 Å². The van der Waals surface area contributed by atoms with Crippen molar-refractivity contribution in [3.8, 4) is 11.1 Å². The third-order valence-corrected chi connectivity index (χ3v) is 9.70. The Kier molecular flexibility index (Phi) is 12.2. The Morgan fingerprint density at radius 2 is 1.52 bits per heavy atom. The summed E-state index contributed by atoms with van der Waals surface area (Å²) in [5, 5.41) is 2.49. The molecule has 0 aliphatic rings. The Balaban J connectivity index is 1.40. The number of amides is 1. The highest BCUT2D eigenvalue weighted by Crippen LogP contribution is 2.32. The van der Waals surface area contributed by atoms with Crippen LogP contribution in [-0.2, 0) is 34.7 Å². The van der Waals surface area contributed by atoms with E-state index < -0.39 is 11.7 Å². The SMILES string of the molecule is CCCC(CCC)N(OCc1ccc(-c2ccc(C(F)(F)F)cc2)cc1)C(=O)Cn1c(SCc2cccc(C)c2F)cc(=O)c2ccccc21. The minimum atomic E-state index is -4.40. The molecule has 0 radical (unpaired) electrons. The predicted molar refractivity (Wildman–Crippen MR) is 191 cm³/mol. The van der Waals surface area contributed by atoms with Gasteiger partial charge < -0.3 is 4.57 Å². The number of thioether (sulfide) groups is 1. The fourth-order valence-corrected chi connectivity index (χ4v) is 7.01. The lowest BCUT2D eigenvalue weighted by molar-refractivity contribution is -0.208. The van der Waals surface area contributed by atoms with Crippen molar-refractivity contribution < 1.29 is 27.2 Å². The predicted octanol–water partition coefficient (Wildman–Crippen LogP) is 10.4. The molecule has 0 aliphatic carbocycles. The number of alkyl halides is 3. The first-order chi connectivity index (χ1) is 24.0. The van der Waals surface area contributed by atoms with Crippen LogP contribution in [0.4, 0.5) is 17.6 Å². The van der Waals surface area contributed by atoms with Gasteiger partial charge in [-0.25, -0.2) is 9.45 Å². The molecule has 1 amide bonds. The van der Waals surface area contributed by atoms with Gasteiger partial charge in [-0.1, -0.05) is 93.4 Å². The van der Waals surface area contributed by atoms with E-state index in [1.165, 1.54) is 35.0 Å². The minimum absolute atomic E-state index is 0.0993. The van der Waals surface area contributed by atoms with Gasteiger partial charge in [-0.15, -0.1) is 11.8 Å². The van der Waals surface area contributed by atoms with Crippen LogP contribution in [0.25, 0.3) is 22.0 Å². The first-order valence-electron chi connectivity index (χ1n) is 16.7. The van der Waals surface area contributed by atoms with Crippen LogP contribution in [0.1, 0.15) is 61.8 Å². The van der Waals surface area contributed by atoms with Crippen molar-refractivity contribution in [2.75, 3.05) is 0 Å². The number of hydrogen-bond donors (Lipinski definition) is 0. The highest BCUT2D eigenvalue weighted by Gasteiger charge is 2.30. The number of nitrogens with zero attached hydrogens (tertiary/aromatic N) is 2. The average Bonchev–Trinajstić information content (AvgIpc) is 3.10. The van der Waals surface area contributed by atoms with Gasteiger partial charge in [-0.3, -0.25) is 14.4 Å². The number of hydroxylamine groups is 2. The number of carbonyl (C=O) groups excluding carboxylic acids is 1. The number of carbonyl (C=O) groups is 1. The molecule has 5 aromatic rings. The largest absolute Gasteiger partial charge is 0.416 e. The van der Waals surface area contributed by atoms with E-state index in [-0.39, 0.29) is 42.1 Å². The molecule has 1 aromatic heterocycles. The monoisotopic (exact) mass is 704 g/mol. The van der Waals surface area contributed by atoms with Crippen molar-refractivity contribution in [3.05, 3.63) is 135 Å². The molecule has 10 heteroatoms. The van der Waals surface area contributed by atoms with Crippen molar-refractivity contribution in [2.45, 2.75) is 82.6 Å². The van der Waals surface area contributed by atoms with Gasteiger partial charge in [-0.05, 0) is 71.8 Å². The second-order valence-corrected chi connectivity index (χ2v) is 13.3. The van der Waals surface area contributed by atoms with Crippen LogP contribution >= 0.6 is 11.8 Å². The highest BCUT2D eigenvalue weighted by molar-refractivity contribution is 7.98. The molecular formula is C40H40F4N2O3S. The van der Waals surface area contributed by atoms with E-state index >= 15 is 0 Å². The number of aryl methyl sites for hydroxylation is 1. The lowest BCUT2D eigenvalue weighted by Gasteiger charge is -2.31. The number of benzene rings is 4. The Hall–Kier alpha value is -4.41. The third kappa shape index (κ3) is 8.84. The summed E-state index contributed by atoms with van der Waals surface area (Å²) in [7, 11) is 0. The quantitative estimate of drug-likeness (QED) is 0.0656. The summed E-state index contributed by atoms with van der Waals surface area (Å²) in [6.45, 7) is 5.82. The Labute approximate surface area is 293 Å². The summed E-state index contributed by atoms with van der Waals surface area (Å²) in [4.78, 5) is 33.7. The lowest BCUT2D eigenvalue weighted by atomic mass is 10.0. The maximum Gasteiger partial charge on any atom is 0.416 e. The molecule has 4 aromatic carbocycles. The van der Waals surface area contributed by atoms with Crippen molar-refractivity contribution >= 4 is 28.6 Å². The van der Waals surface area contributed by atoms with E-state index in [2.05, 4.69) is 13.8 Å². The summed E-state index contributed by atoms with van der Waals surface area (Å²) < 4.78 is 55.7. The minimum Gasteiger partial charge on any atom is -0.326 e. The molecule has 0 bridgehead atoms. The molecule has 1 heterocycles. The van der Waals surface area contributed by atoms with Crippen LogP contribution in [-0.4, -0.2) is 21.6 Å². The van der Waals surface area contributed by atoms with E-state index in [1.807, 2.05) is 34.9 Å². The second kappa shape index (κ2) is 16.5. The topological polar surface area (TPSA) is 51.5 Å². The number of halogens is 4. The summed E-state index contributed by atoms with van der Waals surface area (Å²) >= 11 is 1.30. The molecule has 50 heavy (non-hydrogen) atoms. The molecule has 0 unspecified atom stereocenters. The number of para-hydroxylation sites is 1. The van der Waals surface area contributed by atoms with Gasteiger partial charge in [0.25, 0.3) is 5.91 Å². The van der Waals surface area contributed by atoms with E-state index in [0.717, 1.165) is 48.9 Å². The highest BCUT2D eigenvalue weighted by atomic mass is 32.2. The molecule has 0 N–H and O–H groups in total. The molecule has 0 saturated carbocycles. The third-order valence-electron chi connectivity index (χ3n) is 8.61. The molecular weight excluding hydrogens is 665 g/mol. The first kappa shape index (κ1) is 36.9. The maximum absolute atomic E-state index is 14.9. The van der Waals surface area contributed by atoms with Gasteiger partial charge in [0.05, 0.1) is 22.1 Å². The van der Waals surface area contributed by atoms with Gasteiger partial charge in [0.1, 0.15) is 19.0 Å². The number of hydrogen-bond acceptors (Lipinski definition) is 4. The van der Waals surface area contributed by atoms with Crippen molar-refractivity contribution in [3.63, 3.8) is 0 Å². The van der Waals surface area contributed by atoms with Crippen molar-refractivity contribution in [1.82, 2.24) is 9.63 Å². The fourth-order valence-electron chi connectivity index (χ4n) is 5.98. The van der Waals surface area contributed by atoms with Crippen LogP contribution in [0.3, 0.4) is 0 Å². The summed E-state index contributed by atoms with van der Waals surface area (Å²) in [5.74, 6) is -0.299. The second-order valence-electron chi connectivity index (χ2n) is 12.3. The summed E-state index contributed by atoms with van der Waals surface area (Å²) in [6.07, 6.45) is -1.27. The zero-order chi connectivity index (χ0) is 35.8. The lowest BCUT2D eigenvalue weighted by Crippen LogP contribution is -2.42. The smallest absolute Gasteiger partial charge is 0.326 e. The van der Waals surface area contributed by atoms with Crippen LogP contribution in [0.2, 0.25) is 0 Å². The van der Waals surface area contributed by atoms with Gasteiger partial charge in [0.15, 0.2) is 5.43 Å². The summed E-state index contributed by atoms with van der Waals surface area (Å²) in [6, 6.07) is 26.0. The molecule has 5 rings (SSSR count). The molecule has 0 saturated heterocycles. The number of fused-ring (bicyclic) bond motifs is 1. The van der Waals surface area contributed by atoms with Crippen molar-refractivity contribution in [1.29, 1.82) is 0 Å². The zero-order valence-corrected chi connectivity index (χ0v) is 29.1. The Bertz CT molecular complexity index is 1970. The first-order valence-corrected chi connectivity index (χ1v) is 17.7. The maximum atomic E-state index is 14.9.